The lowest BCUT2D eigenvalue weighted by Crippen LogP contribution is -2.41. The minimum absolute atomic E-state index is 0.0129. The molecule has 0 spiro atoms. The average molecular weight is 209 g/mol. The minimum atomic E-state index is -0.0129. The summed E-state index contributed by atoms with van der Waals surface area (Å²) < 4.78 is 1.52. The predicted molar refractivity (Wildman–Crippen MR) is 54.0 cm³/mol. The first-order valence-electron chi connectivity index (χ1n) is 5.10. The first kappa shape index (κ1) is 10.1. The second-order valence-corrected chi connectivity index (χ2v) is 3.91. The van der Waals surface area contributed by atoms with E-state index in [1.165, 1.54) is 4.68 Å². The van der Waals surface area contributed by atoms with Gasteiger partial charge in [-0.05, 0) is 12.5 Å². The molecule has 1 fully saturated rings. The van der Waals surface area contributed by atoms with Crippen LogP contribution < -0.4 is 10.6 Å². The van der Waals surface area contributed by atoms with Crippen molar-refractivity contribution in [2.24, 2.45) is 5.92 Å². The minimum Gasteiger partial charge on any atom is -0.350 e. The first-order chi connectivity index (χ1) is 7.25. The number of rotatable bonds is 3. The summed E-state index contributed by atoms with van der Waals surface area (Å²) in [6.45, 7) is 4.18. The van der Waals surface area contributed by atoms with Crippen molar-refractivity contribution in [3.63, 3.8) is 0 Å². The van der Waals surface area contributed by atoms with Crippen LogP contribution in [-0.2, 0) is 11.3 Å². The second-order valence-electron chi connectivity index (χ2n) is 3.91. The molecular formula is C9H15N5O. The lowest BCUT2D eigenvalue weighted by atomic mass is 10.1. The topological polar surface area (TPSA) is 71.8 Å². The van der Waals surface area contributed by atoms with Gasteiger partial charge in [0.05, 0.1) is 6.20 Å². The van der Waals surface area contributed by atoms with Gasteiger partial charge in [-0.1, -0.05) is 12.1 Å². The second kappa shape index (κ2) is 4.39. The molecule has 2 N–H and O–H groups in total. The molecule has 2 unspecified atom stereocenters. The lowest BCUT2D eigenvalue weighted by molar-refractivity contribution is -0.122. The molecule has 82 valence electrons. The average Bonchev–Trinajstić information content (AvgIpc) is 2.79. The maximum absolute atomic E-state index is 11.6. The zero-order chi connectivity index (χ0) is 10.7. The molecule has 15 heavy (non-hydrogen) atoms. The molecule has 1 aromatic rings. The van der Waals surface area contributed by atoms with Crippen LogP contribution in [0.15, 0.2) is 12.4 Å². The SMILES string of the molecule is CC1CNCC1NC(=O)Cn1ccnn1. The van der Waals surface area contributed by atoms with Crippen molar-refractivity contribution in [3.05, 3.63) is 12.4 Å². The molecule has 2 atom stereocenters. The van der Waals surface area contributed by atoms with E-state index in [1.54, 1.807) is 12.4 Å². The van der Waals surface area contributed by atoms with Crippen molar-refractivity contribution in [2.75, 3.05) is 13.1 Å². The van der Waals surface area contributed by atoms with Crippen molar-refractivity contribution in [2.45, 2.75) is 19.5 Å². The fourth-order valence-corrected chi connectivity index (χ4v) is 1.72. The Hall–Kier alpha value is -1.43. The fraction of sp³-hybridized carbons (Fsp3) is 0.667. The smallest absolute Gasteiger partial charge is 0.242 e. The molecule has 1 aromatic heterocycles. The van der Waals surface area contributed by atoms with Crippen LogP contribution in [-0.4, -0.2) is 40.0 Å². The Bertz CT molecular complexity index is 323. The van der Waals surface area contributed by atoms with E-state index in [2.05, 4.69) is 27.9 Å². The highest BCUT2D eigenvalue weighted by Gasteiger charge is 2.24. The number of hydrogen-bond acceptors (Lipinski definition) is 4. The molecule has 0 saturated carbocycles. The Kier molecular flexibility index (Phi) is 2.96. The highest BCUT2D eigenvalue weighted by Crippen LogP contribution is 2.06. The van der Waals surface area contributed by atoms with Crippen LogP contribution in [0.4, 0.5) is 0 Å². The molecule has 6 heteroatoms. The standard InChI is InChI=1S/C9H15N5O/c1-7-4-10-5-8(7)12-9(15)6-14-3-2-11-13-14/h2-3,7-8,10H,4-6H2,1H3,(H,12,15). The Morgan fingerprint density at radius 1 is 1.67 bits per heavy atom. The van der Waals surface area contributed by atoms with Crippen LogP contribution in [0, 0.1) is 5.92 Å². The van der Waals surface area contributed by atoms with Gasteiger partial charge in [0.2, 0.25) is 5.91 Å². The molecule has 1 amide bonds. The number of nitrogens with one attached hydrogen (secondary N) is 2. The van der Waals surface area contributed by atoms with Gasteiger partial charge in [-0.15, -0.1) is 5.10 Å². The Morgan fingerprint density at radius 3 is 3.13 bits per heavy atom. The molecular weight excluding hydrogens is 194 g/mol. The van der Waals surface area contributed by atoms with Gasteiger partial charge < -0.3 is 10.6 Å². The number of hydrogen-bond donors (Lipinski definition) is 2. The van der Waals surface area contributed by atoms with Crippen LogP contribution >= 0.6 is 0 Å². The van der Waals surface area contributed by atoms with Crippen LogP contribution in [0.2, 0.25) is 0 Å². The van der Waals surface area contributed by atoms with Crippen LogP contribution in [0.3, 0.4) is 0 Å². The maximum atomic E-state index is 11.6. The summed E-state index contributed by atoms with van der Waals surface area (Å²) in [6.07, 6.45) is 3.24. The van der Waals surface area contributed by atoms with Crippen LogP contribution in [0.25, 0.3) is 0 Å². The Morgan fingerprint density at radius 2 is 2.53 bits per heavy atom. The van der Waals surface area contributed by atoms with E-state index >= 15 is 0 Å². The molecule has 1 aliphatic rings. The van der Waals surface area contributed by atoms with Gasteiger partial charge >= 0.3 is 0 Å². The van der Waals surface area contributed by atoms with Crippen LogP contribution in [0.1, 0.15) is 6.92 Å². The van der Waals surface area contributed by atoms with Crippen molar-refractivity contribution in [3.8, 4) is 0 Å². The summed E-state index contributed by atoms with van der Waals surface area (Å²) in [4.78, 5) is 11.6. The van der Waals surface area contributed by atoms with Gasteiger partial charge in [-0.3, -0.25) is 4.79 Å². The van der Waals surface area contributed by atoms with Gasteiger partial charge in [0.15, 0.2) is 0 Å². The van der Waals surface area contributed by atoms with E-state index in [1.807, 2.05) is 0 Å². The molecule has 0 radical (unpaired) electrons. The van der Waals surface area contributed by atoms with E-state index in [0.717, 1.165) is 13.1 Å². The summed E-state index contributed by atoms with van der Waals surface area (Å²) in [5.74, 6) is 0.478. The van der Waals surface area contributed by atoms with Gasteiger partial charge in [0.25, 0.3) is 0 Å². The molecule has 2 heterocycles. The van der Waals surface area contributed by atoms with Crippen molar-refractivity contribution >= 4 is 5.91 Å². The monoisotopic (exact) mass is 209 g/mol. The normalized spacial score (nSPS) is 25.4. The van der Waals surface area contributed by atoms with E-state index in [9.17, 15) is 4.79 Å². The molecule has 0 aliphatic carbocycles. The molecule has 1 saturated heterocycles. The number of carbonyl (C=O) groups excluding carboxylic acids is 1. The van der Waals surface area contributed by atoms with E-state index < -0.39 is 0 Å². The van der Waals surface area contributed by atoms with Gasteiger partial charge in [-0.2, -0.15) is 0 Å². The van der Waals surface area contributed by atoms with E-state index in [0.29, 0.717) is 5.92 Å². The Balaban J connectivity index is 1.82. The zero-order valence-corrected chi connectivity index (χ0v) is 8.68. The Labute approximate surface area is 88.0 Å². The molecule has 1 aliphatic heterocycles. The third-order valence-corrected chi connectivity index (χ3v) is 2.64. The summed E-state index contributed by atoms with van der Waals surface area (Å²) in [5, 5.41) is 13.6. The van der Waals surface area contributed by atoms with Crippen molar-refractivity contribution in [1.29, 1.82) is 0 Å². The van der Waals surface area contributed by atoms with Gasteiger partial charge in [-0.25, -0.2) is 4.68 Å². The highest BCUT2D eigenvalue weighted by molar-refractivity contribution is 5.76. The van der Waals surface area contributed by atoms with E-state index in [-0.39, 0.29) is 18.5 Å². The number of carbonyl (C=O) groups is 1. The zero-order valence-electron chi connectivity index (χ0n) is 8.68. The van der Waals surface area contributed by atoms with Crippen molar-refractivity contribution < 1.29 is 4.79 Å². The molecule has 6 nitrogen and oxygen atoms in total. The third kappa shape index (κ3) is 2.53. The largest absolute Gasteiger partial charge is 0.350 e. The highest BCUT2D eigenvalue weighted by atomic mass is 16.2. The summed E-state index contributed by atoms with van der Waals surface area (Å²) in [7, 11) is 0. The van der Waals surface area contributed by atoms with Gasteiger partial charge in [0.1, 0.15) is 6.54 Å². The maximum Gasteiger partial charge on any atom is 0.242 e. The third-order valence-electron chi connectivity index (χ3n) is 2.64. The fourth-order valence-electron chi connectivity index (χ4n) is 1.72. The lowest BCUT2D eigenvalue weighted by Gasteiger charge is -2.15. The molecule has 0 bridgehead atoms. The summed E-state index contributed by atoms with van der Waals surface area (Å²) in [5.41, 5.74) is 0. The predicted octanol–water partition coefficient (Wildman–Crippen LogP) is -0.998. The van der Waals surface area contributed by atoms with Crippen LogP contribution in [0.5, 0.6) is 0 Å². The summed E-state index contributed by atoms with van der Waals surface area (Å²) in [6, 6.07) is 0.237. The van der Waals surface area contributed by atoms with E-state index in [4.69, 9.17) is 0 Å². The summed E-state index contributed by atoms with van der Waals surface area (Å²) >= 11 is 0. The first-order valence-corrected chi connectivity index (χ1v) is 5.10. The number of aromatic nitrogens is 3. The molecule has 0 aromatic carbocycles. The molecule has 2 rings (SSSR count). The number of nitrogens with zero attached hydrogens (tertiary/aromatic N) is 3. The van der Waals surface area contributed by atoms with Gasteiger partial charge in [0, 0.05) is 18.8 Å². The quantitative estimate of drug-likeness (QED) is 0.670. The van der Waals surface area contributed by atoms with Crippen molar-refractivity contribution in [1.82, 2.24) is 25.6 Å². The number of amides is 1.